The van der Waals surface area contributed by atoms with Crippen LogP contribution in [0.25, 0.3) is 5.76 Å². The third-order valence-corrected chi connectivity index (χ3v) is 8.80. The van der Waals surface area contributed by atoms with Crippen LogP contribution in [-0.2, 0) is 20.9 Å². The van der Waals surface area contributed by atoms with Crippen LogP contribution in [0.2, 0.25) is 0 Å². The first-order valence-electron chi connectivity index (χ1n) is 14.7. The third kappa shape index (κ3) is 6.36. The molecule has 1 aliphatic rings. The van der Waals surface area contributed by atoms with Gasteiger partial charge < -0.3 is 19.3 Å². The van der Waals surface area contributed by atoms with Gasteiger partial charge in [0.2, 0.25) is 0 Å². The molecule has 0 bridgehead atoms. The molecule has 4 aromatic carbocycles. The Kier molecular flexibility index (Phi) is 8.86. The molecule has 1 N–H and O–H groups in total. The van der Waals surface area contributed by atoms with Crippen molar-refractivity contribution in [3.05, 3.63) is 142 Å². The quantitative estimate of drug-likeness (QED) is 0.0756. The van der Waals surface area contributed by atoms with E-state index in [0.717, 1.165) is 16.9 Å². The van der Waals surface area contributed by atoms with Crippen molar-refractivity contribution in [1.29, 1.82) is 0 Å². The number of aliphatic hydroxyl groups is 1. The molecule has 1 atom stereocenters. The number of benzene rings is 4. The Bertz CT molecular complexity index is 2000. The number of hydrogen-bond donors (Lipinski definition) is 1. The van der Waals surface area contributed by atoms with Crippen LogP contribution in [0.5, 0.6) is 17.2 Å². The van der Waals surface area contributed by atoms with Gasteiger partial charge in [0, 0.05) is 5.56 Å². The summed E-state index contributed by atoms with van der Waals surface area (Å²) in [6.45, 7) is 3.77. The van der Waals surface area contributed by atoms with E-state index in [1.165, 1.54) is 12.0 Å². The number of aromatic nitrogens is 1. The maximum atomic E-state index is 13.8. The van der Waals surface area contributed by atoms with E-state index in [1.807, 2.05) is 48.5 Å². The molecule has 9 nitrogen and oxygen atoms in total. The molecule has 0 saturated carbocycles. The summed E-state index contributed by atoms with van der Waals surface area (Å²) in [5, 5.41) is 11.9. The van der Waals surface area contributed by atoms with E-state index in [2.05, 4.69) is 4.98 Å². The summed E-state index contributed by atoms with van der Waals surface area (Å²) in [6.07, 6.45) is 0. The molecule has 1 fully saturated rings. The summed E-state index contributed by atoms with van der Waals surface area (Å²) in [5.41, 5.74) is 2.72. The highest BCUT2D eigenvalue weighted by Gasteiger charge is 2.48. The molecule has 6 rings (SSSR count). The van der Waals surface area contributed by atoms with Crippen molar-refractivity contribution < 1.29 is 33.7 Å². The van der Waals surface area contributed by atoms with E-state index >= 15 is 0 Å². The van der Waals surface area contributed by atoms with Gasteiger partial charge in [-0.15, -0.1) is 0 Å². The number of methoxy groups -OCH3 is 1. The van der Waals surface area contributed by atoms with Crippen LogP contribution < -0.4 is 14.4 Å². The van der Waals surface area contributed by atoms with Crippen LogP contribution >= 0.6 is 11.3 Å². The Labute approximate surface area is 275 Å². The number of para-hydroxylation sites is 1. The predicted molar refractivity (Wildman–Crippen MR) is 178 cm³/mol. The SMILES string of the molecule is COC(=O)c1sc(N2C(=O)C(=O)/C(=C(/O)c3ccc(OCc4ccccc4)cc3C)[C@H]2c2cccc(Oc3ccccc3)c2)nc1C. The van der Waals surface area contributed by atoms with Gasteiger partial charge >= 0.3 is 11.9 Å². The highest BCUT2D eigenvalue weighted by atomic mass is 32.1. The molecule has 1 aliphatic heterocycles. The number of carbonyl (C=O) groups excluding carboxylic acids is 3. The van der Waals surface area contributed by atoms with Crippen LogP contribution in [0.1, 0.15) is 43.7 Å². The van der Waals surface area contributed by atoms with E-state index in [4.69, 9.17) is 14.2 Å². The lowest BCUT2D eigenvalue weighted by Gasteiger charge is -2.23. The fourth-order valence-electron chi connectivity index (χ4n) is 5.36. The van der Waals surface area contributed by atoms with E-state index in [9.17, 15) is 19.5 Å². The molecule has 2 heterocycles. The third-order valence-electron chi connectivity index (χ3n) is 7.66. The number of esters is 1. The average Bonchev–Trinajstić information content (AvgIpc) is 3.60. The molecule has 47 heavy (non-hydrogen) atoms. The molecule has 1 saturated heterocycles. The van der Waals surface area contributed by atoms with Crippen LogP contribution in [0, 0.1) is 13.8 Å². The van der Waals surface area contributed by atoms with Gasteiger partial charge in [-0.05, 0) is 73.0 Å². The Morgan fingerprint density at radius 3 is 2.28 bits per heavy atom. The smallest absolute Gasteiger partial charge is 0.350 e. The van der Waals surface area contributed by atoms with Gasteiger partial charge in [-0.3, -0.25) is 14.5 Å². The number of rotatable bonds is 9. The molecule has 1 aromatic heterocycles. The zero-order valence-electron chi connectivity index (χ0n) is 25.8. The number of carbonyl (C=O) groups is 3. The first-order valence-corrected chi connectivity index (χ1v) is 15.5. The van der Waals surface area contributed by atoms with Crippen LogP contribution in [0.3, 0.4) is 0 Å². The number of Topliss-reactive ketones (excluding diaryl/α,β-unsaturated/α-hetero) is 1. The summed E-state index contributed by atoms with van der Waals surface area (Å²) in [6, 6.07) is 29.9. The van der Waals surface area contributed by atoms with Gasteiger partial charge in [-0.2, -0.15) is 0 Å². The first-order chi connectivity index (χ1) is 22.7. The predicted octanol–water partition coefficient (Wildman–Crippen LogP) is 7.54. The first kappa shape index (κ1) is 31.3. The van der Waals surface area contributed by atoms with Gasteiger partial charge in [0.25, 0.3) is 5.78 Å². The second-order valence-corrected chi connectivity index (χ2v) is 11.8. The maximum absolute atomic E-state index is 13.8. The molecular weight excluding hydrogens is 616 g/mol. The van der Waals surface area contributed by atoms with Crippen molar-refractivity contribution in [3.8, 4) is 17.2 Å². The maximum Gasteiger partial charge on any atom is 0.350 e. The van der Waals surface area contributed by atoms with Gasteiger partial charge in [-0.25, -0.2) is 9.78 Å². The Morgan fingerprint density at radius 1 is 0.872 bits per heavy atom. The number of nitrogens with zero attached hydrogens (tertiary/aromatic N) is 2. The molecule has 0 unspecified atom stereocenters. The molecule has 10 heteroatoms. The number of ketones is 1. The highest BCUT2D eigenvalue weighted by molar-refractivity contribution is 7.17. The Balaban J connectivity index is 1.43. The average molecular weight is 647 g/mol. The summed E-state index contributed by atoms with van der Waals surface area (Å²) in [5.74, 6) is -1.10. The van der Waals surface area contributed by atoms with Crippen molar-refractivity contribution in [2.24, 2.45) is 0 Å². The second-order valence-electron chi connectivity index (χ2n) is 10.8. The number of aryl methyl sites for hydroxylation is 2. The molecule has 0 spiro atoms. The van der Waals surface area contributed by atoms with Crippen molar-refractivity contribution in [1.82, 2.24) is 4.98 Å². The lowest BCUT2D eigenvalue weighted by molar-refractivity contribution is -0.132. The van der Waals surface area contributed by atoms with Crippen molar-refractivity contribution in [2.45, 2.75) is 26.5 Å². The van der Waals surface area contributed by atoms with Crippen molar-refractivity contribution >= 4 is 39.9 Å². The normalized spacial score (nSPS) is 15.5. The summed E-state index contributed by atoms with van der Waals surface area (Å²) < 4.78 is 16.9. The molecule has 0 radical (unpaired) electrons. The van der Waals surface area contributed by atoms with Crippen LogP contribution in [0.4, 0.5) is 5.13 Å². The number of ether oxygens (including phenoxy) is 3. The lowest BCUT2D eigenvalue weighted by Crippen LogP contribution is -2.29. The standard InChI is InChI=1S/C37H30N2O7S/c1-22-19-27(45-21-24-11-6-4-7-12-24)17-18-29(22)32(40)30-31(25-13-10-16-28(20-25)46-26-14-8-5-9-15-26)39(35(42)33(30)41)37-38-23(2)34(47-37)36(43)44-3/h4-20,31,40H,21H2,1-3H3/b32-30+/t31-/m1/s1. The summed E-state index contributed by atoms with van der Waals surface area (Å²) in [7, 11) is 1.26. The topological polar surface area (TPSA) is 115 Å². The number of thiazole rings is 1. The number of amides is 1. The Hall–Kier alpha value is -5.74. The zero-order valence-corrected chi connectivity index (χ0v) is 26.6. The van der Waals surface area contributed by atoms with Gasteiger partial charge in [0.05, 0.1) is 24.4 Å². The minimum atomic E-state index is -1.08. The highest BCUT2D eigenvalue weighted by Crippen LogP contribution is 2.45. The van der Waals surface area contributed by atoms with E-state index in [0.29, 0.717) is 46.2 Å². The number of anilines is 1. The Morgan fingerprint density at radius 2 is 1.57 bits per heavy atom. The molecular formula is C37H30N2O7S. The van der Waals surface area contributed by atoms with E-state index in [-0.39, 0.29) is 21.3 Å². The summed E-state index contributed by atoms with van der Waals surface area (Å²) in [4.78, 5) is 45.9. The van der Waals surface area contributed by atoms with Crippen molar-refractivity contribution in [2.75, 3.05) is 12.0 Å². The van der Waals surface area contributed by atoms with Gasteiger partial charge in [-0.1, -0.05) is 72.0 Å². The molecule has 1 amide bonds. The fraction of sp³-hybridized carbons (Fsp3) is 0.135. The largest absolute Gasteiger partial charge is 0.507 e. The monoisotopic (exact) mass is 646 g/mol. The fourth-order valence-corrected chi connectivity index (χ4v) is 6.37. The molecule has 0 aliphatic carbocycles. The van der Waals surface area contributed by atoms with E-state index in [1.54, 1.807) is 68.4 Å². The lowest BCUT2D eigenvalue weighted by atomic mass is 9.94. The number of hydrogen-bond acceptors (Lipinski definition) is 9. The minimum absolute atomic E-state index is 0.116. The zero-order chi connectivity index (χ0) is 33.1. The second kappa shape index (κ2) is 13.3. The molecule has 236 valence electrons. The van der Waals surface area contributed by atoms with Crippen LogP contribution in [0.15, 0.2) is 109 Å². The van der Waals surface area contributed by atoms with Gasteiger partial charge in [0.1, 0.15) is 34.5 Å². The molecule has 5 aromatic rings. The van der Waals surface area contributed by atoms with Crippen LogP contribution in [-0.4, -0.2) is 34.9 Å². The van der Waals surface area contributed by atoms with Crippen molar-refractivity contribution in [3.63, 3.8) is 0 Å². The van der Waals surface area contributed by atoms with E-state index < -0.39 is 23.7 Å². The van der Waals surface area contributed by atoms with Gasteiger partial charge in [0.15, 0.2) is 5.13 Å². The number of aliphatic hydroxyl groups excluding tert-OH is 1. The minimum Gasteiger partial charge on any atom is -0.507 e. The summed E-state index contributed by atoms with van der Waals surface area (Å²) >= 11 is 0.934.